The number of amides is 1. The minimum Gasteiger partial charge on any atom is -0.375 e. The number of carbonyl (C=O) groups excluding carboxylic acids is 1. The van der Waals surface area contributed by atoms with Crippen molar-refractivity contribution in [3.63, 3.8) is 0 Å². The van der Waals surface area contributed by atoms with Crippen molar-refractivity contribution in [2.24, 2.45) is 5.92 Å². The highest BCUT2D eigenvalue weighted by Crippen LogP contribution is 2.36. The molecule has 0 spiro atoms. The van der Waals surface area contributed by atoms with Crippen LogP contribution in [0.2, 0.25) is 0 Å². The van der Waals surface area contributed by atoms with Crippen LogP contribution in [-0.2, 0) is 4.79 Å². The van der Waals surface area contributed by atoms with Crippen molar-refractivity contribution >= 4 is 22.4 Å². The quantitative estimate of drug-likeness (QED) is 0.894. The maximum absolute atomic E-state index is 12.4. The van der Waals surface area contributed by atoms with Crippen LogP contribution < -0.4 is 5.73 Å². The lowest BCUT2D eigenvalue weighted by atomic mass is 9.83. The van der Waals surface area contributed by atoms with Gasteiger partial charge in [-0.1, -0.05) is 6.42 Å². The van der Waals surface area contributed by atoms with Gasteiger partial charge in [-0.25, -0.2) is 4.98 Å². The van der Waals surface area contributed by atoms with Crippen LogP contribution in [0, 0.1) is 5.92 Å². The molecule has 2 heterocycles. The minimum absolute atomic E-state index is 0.167. The molecular weight excluding hydrogens is 246 g/mol. The molecular formula is C13H19N3OS. The Hall–Kier alpha value is -1.10. The van der Waals surface area contributed by atoms with Crippen molar-refractivity contribution in [1.29, 1.82) is 0 Å². The van der Waals surface area contributed by atoms with Gasteiger partial charge < -0.3 is 10.6 Å². The van der Waals surface area contributed by atoms with Gasteiger partial charge in [0.1, 0.15) is 0 Å². The molecule has 1 saturated carbocycles. The Morgan fingerprint density at radius 1 is 1.33 bits per heavy atom. The van der Waals surface area contributed by atoms with E-state index in [0.717, 1.165) is 37.9 Å². The normalized spacial score (nSPS) is 24.9. The minimum atomic E-state index is 0.167. The first kappa shape index (κ1) is 12.0. The summed E-state index contributed by atoms with van der Waals surface area (Å²) in [5.41, 5.74) is 6.70. The number of anilines is 1. The number of nitrogens with zero attached hydrogens (tertiary/aromatic N) is 2. The van der Waals surface area contributed by atoms with Crippen LogP contribution in [0.1, 0.15) is 50.3 Å². The number of thiazole rings is 1. The molecule has 4 nitrogen and oxygen atoms in total. The van der Waals surface area contributed by atoms with Gasteiger partial charge in [0, 0.05) is 17.8 Å². The number of likely N-dealkylation sites (tertiary alicyclic amines) is 1. The van der Waals surface area contributed by atoms with E-state index >= 15 is 0 Å². The van der Waals surface area contributed by atoms with Crippen LogP contribution in [0.5, 0.6) is 0 Å². The van der Waals surface area contributed by atoms with Crippen LogP contribution in [0.25, 0.3) is 0 Å². The zero-order valence-electron chi connectivity index (χ0n) is 10.5. The number of piperidine rings is 1. The van der Waals surface area contributed by atoms with E-state index in [-0.39, 0.29) is 12.0 Å². The largest absolute Gasteiger partial charge is 0.375 e. The summed E-state index contributed by atoms with van der Waals surface area (Å²) in [6.07, 6.45) is 6.67. The summed E-state index contributed by atoms with van der Waals surface area (Å²) in [5.74, 6) is 0.624. The SMILES string of the molecule is Nc1nc(C2CCCCN2C(=O)C2CCC2)cs1. The van der Waals surface area contributed by atoms with Crippen LogP contribution in [-0.4, -0.2) is 22.3 Å². The third-order valence-corrected chi connectivity index (χ3v) is 4.81. The zero-order valence-corrected chi connectivity index (χ0v) is 11.3. The average Bonchev–Trinajstić information content (AvgIpc) is 2.73. The van der Waals surface area contributed by atoms with Crippen LogP contribution in [0.3, 0.4) is 0 Å². The maximum atomic E-state index is 12.4. The summed E-state index contributed by atoms with van der Waals surface area (Å²) in [6.45, 7) is 0.886. The molecule has 18 heavy (non-hydrogen) atoms. The predicted molar refractivity (Wildman–Crippen MR) is 72.2 cm³/mol. The van der Waals surface area contributed by atoms with Crippen LogP contribution in [0.4, 0.5) is 5.13 Å². The second kappa shape index (κ2) is 4.88. The molecule has 2 aliphatic rings. The molecule has 0 radical (unpaired) electrons. The molecule has 2 fully saturated rings. The lowest BCUT2D eigenvalue weighted by Gasteiger charge is -2.39. The monoisotopic (exact) mass is 265 g/mol. The Morgan fingerprint density at radius 2 is 2.17 bits per heavy atom. The van der Waals surface area contributed by atoms with Gasteiger partial charge >= 0.3 is 0 Å². The lowest BCUT2D eigenvalue weighted by Crippen LogP contribution is -2.43. The molecule has 1 unspecified atom stereocenters. The molecule has 0 aromatic carbocycles. The third kappa shape index (κ3) is 2.11. The van der Waals surface area contributed by atoms with E-state index in [4.69, 9.17) is 5.73 Å². The van der Waals surface area contributed by atoms with E-state index in [1.165, 1.54) is 24.2 Å². The van der Waals surface area contributed by atoms with Crippen LogP contribution >= 0.6 is 11.3 Å². The number of carbonyl (C=O) groups is 1. The fourth-order valence-electron chi connectivity index (χ4n) is 2.85. The van der Waals surface area contributed by atoms with Gasteiger partial charge in [0.15, 0.2) is 5.13 Å². The third-order valence-electron chi connectivity index (χ3n) is 4.12. The first-order valence-electron chi connectivity index (χ1n) is 6.77. The Balaban J connectivity index is 1.79. The number of nitrogen functional groups attached to an aromatic ring is 1. The molecule has 5 heteroatoms. The van der Waals surface area contributed by atoms with Crippen molar-refractivity contribution in [3.05, 3.63) is 11.1 Å². The van der Waals surface area contributed by atoms with E-state index in [1.54, 1.807) is 0 Å². The summed E-state index contributed by atoms with van der Waals surface area (Å²) >= 11 is 1.47. The highest BCUT2D eigenvalue weighted by Gasteiger charge is 2.35. The van der Waals surface area contributed by atoms with Gasteiger partial charge in [-0.05, 0) is 32.1 Å². The van der Waals surface area contributed by atoms with Gasteiger partial charge in [-0.3, -0.25) is 4.79 Å². The molecule has 1 amide bonds. The Bertz CT molecular complexity index is 441. The average molecular weight is 265 g/mol. The summed E-state index contributed by atoms with van der Waals surface area (Å²) in [7, 11) is 0. The first-order valence-corrected chi connectivity index (χ1v) is 7.65. The highest BCUT2D eigenvalue weighted by molar-refractivity contribution is 7.13. The standard InChI is InChI=1S/C13H19N3OS/c14-13-15-10(8-18-13)11-6-1-2-7-16(11)12(17)9-4-3-5-9/h8-9,11H,1-7H2,(H2,14,15). The summed E-state index contributed by atoms with van der Waals surface area (Å²) in [5, 5.41) is 2.61. The molecule has 1 aromatic rings. The van der Waals surface area contributed by atoms with E-state index in [0.29, 0.717) is 11.0 Å². The number of aromatic nitrogens is 1. The summed E-state index contributed by atoms with van der Waals surface area (Å²) in [6, 6.07) is 0.167. The van der Waals surface area contributed by atoms with E-state index < -0.39 is 0 Å². The molecule has 1 aliphatic carbocycles. The Kier molecular flexibility index (Phi) is 3.24. The second-order valence-corrected chi connectivity index (χ2v) is 6.17. The second-order valence-electron chi connectivity index (χ2n) is 5.28. The Morgan fingerprint density at radius 3 is 2.78 bits per heavy atom. The molecule has 1 aromatic heterocycles. The van der Waals surface area contributed by atoms with E-state index in [2.05, 4.69) is 9.88 Å². The summed E-state index contributed by atoms with van der Waals surface area (Å²) in [4.78, 5) is 18.9. The maximum Gasteiger partial charge on any atom is 0.226 e. The van der Waals surface area contributed by atoms with Crippen molar-refractivity contribution < 1.29 is 4.79 Å². The topological polar surface area (TPSA) is 59.2 Å². The van der Waals surface area contributed by atoms with E-state index in [1.807, 2.05) is 5.38 Å². The molecule has 1 aliphatic heterocycles. The molecule has 98 valence electrons. The van der Waals surface area contributed by atoms with E-state index in [9.17, 15) is 4.79 Å². The molecule has 0 bridgehead atoms. The molecule has 1 saturated heterocycles. The van der Waals surface area contributed by atoms with Gasteiger partial charge in [0.25, 0.3) is 0 Å². The molecule has 1 atom stereocenters. The smallest absolute Gasteiger partial charge is 0.226 e. The van der Waals surface area contributed by atoms with Crippen molar-refractivity contribution in [2.75, 3.05) is 12.3 Å². The number of hydrogen-bond donors (Lipinski definition) is 1. The first-order chi connectivity index (χ1) is 8.75. The molecule has 2 N–H and O–H groups in total. The van der Waals surface area contributed by atoms with Gasteiger partial charge in [-0.15, -0.1) is 11.3 Å². The molecule has 3 rings (SSSR count). The van der Waals surface area contributed by atoms with Crippen LogP contribution in [0.15, 0.2) is 5.38 Å². The number of rotatable bonds is 2. The number of hydrogen-bond acceptors (Lipinski definition) is 4. The van der Waals surface area contributed by atoms with Crippen molar-refractivity contribution in [3.8, 4) is 0 Å². The van der Waals surface area contributed by atoms with Crippen molar-refractivity contribution in [2.45, 2.75) is 44.6 Å². The summed E-state index contributed by atoms with van der Waals surface area (Å²) < 4.78 is 0. The zero-order chi connectivity index (χ0) is 12.5. The number of nitrogens with two attached hydrogens (primary N) is 1. The highest BCUT2D eigenvalue weighted by atomic mass is 32.1. The van der Waals surface area contributed by atoms with Crippen molar-refractivity contribution in [1.82, 2.24) is 9.88 Å². The van der Waals surface area contributed by atoms with Gasteiger partial charge in [-0.2, -0.15) is 0 Å². The lowest BCUT2D eigenvalue weighted by molar-refractivity contribution is -0.142. The van der Waals surface area contributed by atoms with Gasteiger partial charge in [0.05, 0.1) is 11.7 Å². The fourth-order valence-corrected chi connectivity index (χ4v) is 3.46. The Labute approximate surface area is 111 Å². The van der Waals surface area contributed by atoms with Gasteiger partial charge in [0.2, 0.25) is 5.91 Å². The predicted octanol–water partition coefficient (Wildman–Crippen LogP) is 2.58. The fraction of sp³-hybridized carbons (Fsp3) is 0.692.